The van der Waals surface area contributed by atoms with E-state index in [4.69, 9.17) is 4.74 Å². The van der Waals surface area contributed by atoms with Crippen LogP contribution in [0.3, 0.4) is 0 Å². The topological polar surface area (TPSA) is 66.8 Å². The minimum absolute atomic E-state index is 0.0632. The van der Waals surface area contributed by atoms with Gasteiger partial charge in [0, 0.05) is 12.1 Å². The average molecular weight is 488 g/mol. The van der Waals surface area contributed by atoms with Gasteiger partial charge >= 0.3 is 0 Å². The van der Waals surface area contributed by atoms with Gasteiger partial charge in [-0.1, -0.05) is 56.3 Å². The van der Waals surface area contributed by atoms with Crippen molar-refractivity contribution >= 4 is 17.4 Å². The summed E-state index contributed by atoms with van der Waals surface area (Å²) in [5.41, 5.74) is 3.76. The van der Waals surface area contributed by atoms with Crippen molar-refractivity contribution in [3.8, 4) is 5.75 Å². The standard InChI is InChI=1S/C30H30FNO4/c1-18(2)23-17-24(19(3)16-25(23)36-4)28(33)26-27(21-8-6-5-7-9-21)32(30(35)29(26)34)15-14-20-10-12-22(31)13-11-20/h5-13,16-18,27,33H,14-15H2,1-4H3/b28-26+. The van der Waals surface area contributed by atoms with Gasteiger partial charge in [-0.05, 0) is 65.8 Å². The van der Waals surface area contributed by atoms with Gasteiger partial charge in [-0.25, -0.2) is 4.39 Å². The van der Waals surface area contributed by atoms with Gasteiger partial charge in [0.1, 0.15) is 17.3 Å². The number of nitrogens with zero attached hydrogens (tertiary/aromatic N) is 1. The molecule has 0 saturated carbocycles. The largest absolute Gasteiger partial charge is 0.507 e. The first-order valence-electron chi connectivity index (χ1n) is 12.0. The van der Waals surface area contributed by atoms with Crippen molar-refractivity contribution in [1.29, 1.82) is 0 Å². The van der Waals surface area contributed by atoms with Gasteiger partial charge < -0.3 is 14.7 Å². The van der Waals surface area contributed by atoms with E-state index < -0.39 is 17.7 Å². The van der Waals surface area contributed by atoms with Crippen LogP contribution in [0.4, 0.5) is 4.39 Å². The maximum absolute atomic E-state index is 13.3. The van der Waals surface area contributed by atoms with Gasteiger partial charge in [0.05, 0.1) is 18.7 Å². The second-order valence-electron chi connectivity index (χ2n) is 9.34. The number of benzene rings is 3. The van der Waals surface area contributed by atoms with Gasteiger partial charge in [0.2, 0.25) is 0 Å². The van der Waals surface area contributed by atoms with Crippen LogP contribution in [0, 0.1) is 12.7 Å². The summed E-state index contributed by atoms with van der Waals surface area (Å²) in [4.78, 5) is 28.1. The molecular formula is C30H30FNO4. The lowest BCUT2D eigenvalue weighted by molar-refractivity contribution is -0.139. The quantitative estimate of drug-likeness (QED) is 0.255. The van der Waals surface area contributed by atoms with E-state index in [1.54, 1.807) is 19.2 Å². The number of carbonyl (C=O) groups is 2. The van der Waals surface area contributed by atoms with Crippen molar-refractivity contribution in [2.75, 3.05) is 13.7 Å². The van der Waals surface area contributed by atoms with E-state index in [9.17, 15) is 19.1 Å². The number of aliphatic hydroxyl groups is 1. The number of halogens is 1. The van der Waals surface area contributed by atoms with E-state index in [1.165, 1.54) is 17.0 Å². The molecule has 1 heterocycles. The van der Waals surface area contributed by atoms with Crippen LogP contribution in [0.15, 0.2) is 72.3 Å². The van der Waals surface area contributed by atoms with Gasteiger partial charge in [-0.3, -0.25) is 9.59 Å². The number of ether oxygens (including phenoxy) is 1. The second kappa shape index (κ2) is 10.4. The Hall–Kier alpha value is -3.93. The number of ketones is 1. The minimum Gasteiger partial charge on any atom is -0.507 e. The maximum Gasteiger partial charge on any atom is 0.295 e. The predicted octanol–water partition coefficient (Wildman–Crippen LogP) is 5.93. The fourth-order valence-corrected chi connectivity index (χ4v) is 4.72. The molecule has 0 spiro atoms. The van der Waals surface area contributed by atoms with Crippen molar-refractivity contribution in [3.63, 3.8) is 0 Å². The van der Waals surface area contributed by atoms with E-state index in [2.05, 4.69) is 0 Å². The third kappa shape index (κ3) is 4.76. The molecule has 1 N–H and O–H groups in total. The Balaban J connectivity index is 1.82. The Morgan fingerprint density at radius 1 is 1.06 bits per heavy atom. The van der Waals surface area contributed by atoms with Crippen molar-refractivity contribution < 1.29 is 23.8 Å². The minimum atomic E-state index is -0.740. The zero-order valence-electron chi connectivity index (χ0n) is 20.9. The highest BCUT2D eigenvalue weighted by atomic mass is 19.1. The van der Waals surface area contributed by atoms with Crippen LogP contribution in [0.25, 0.3) is 5.76 Å². The van der Waals surface area contributed by atoms with Crippen LogP contribution >= 0.6 is 0 Å². The highest BCUT2D eigenvalue weighted by Crippen LogP contribution is 2.41. The van der Waals surface area contributed by atoms with E-state index >= 15 is 0 Å². The summed E-state index contributed by atoms with van der Waals surface area (Å²) in [7, 11) is 1.60. The van der Waals surface area contributed by atoms with Crippen molar-refractivity contribution in [2.45, 2.75) is 39.2 Å². The van der Waals surface area contributed by atoms with E-state index in [1.807, 2.05) is 63.2 Å². The Bertz CT molecular complexity index is 1310. The summed E-state index contributed by atoms with van der Waals surface area (Å²) in [6, 6.07) is 18.2. The lowest BCUT2D eigenvalue weighted by Crippen LogP contribution is -2.31. The smallest absolute Gasteiger partial charge is 0.295 e. The van der Waals surface area contributed by atoms with Crippen LogP contribution in [0.5, 0.6) is 5.75 Å². The molecule has 3 aromatic rings. The number of aryl methyl sites for hydroxylation is 1. The molecule has 1 atom stereocenters. The molecule has 0 aliphatic carbocycles. The lowest BCUT2D eigenvalue weighted by Gasteiger charge is -2.25. The normalized spacial score (nSPS) is 17.2. The SMILES string of the molecule is COc1cc(C)c(/C(O)=C2\C(=O)C(=O)N(CCc3ccc(F)cc3)C2c2ccccc2)cc1C(C)C. The van der Waals surface area contributed by atoms with E-state index in [0.29, 0.717) is 17.7 Å². The molecule has 1 aliphatic rings. The van der Waals surface area contributed by atoms with Gasteiger partial charge in [0.25, 0.3) is 11.7 Å². The molecule has 1 amide bonds. The predicted molar refractivity (Wildman–Crippen MR) is 137 cm³/mol. The molecule has 186 valence electrons. The van der Waals surface area contributed by atoms with Crippen LogP contribution < -0.4 is 4.74 Å². The van der Waals surface area contributed by atoms with Crippen LogP contribution in [-0.4, -0.2) is 35.4 Å². The van der Waals surface area contributed by atoms with E-state index in [0.717, 1.165) is 22.3 Å². The average Bonchev–Trinajstić information content (AvgIpc) is 3.13. The molecule has 1 saturated heterocycles. The third-order valence-corrected chi connectivity index (χ3v) is 6.66. The van der Waals surface area contributed by atoms with Crippen molar-refractivity contribution in [2.24, 2.45) is 0 Å². The number of methoxy groups -OCH3 is 1. The molecule has 0 aromatic heterocycles. The van der Waals surface area contributed by atoms with E-state index in [-0.39, 0.29) is 29.6 Å². The lowest BCUT2D eigenvalue weighted by atomic mass is 9.91. The first-order chi connectivity index (χ1) is 17.2. The summed E-state index contributed by atoms with van der Waals surface area (Å²) >= 11 is 0. The number of Topliss-reactive ketones (excluding diaryl/α,β-unsaturated/α-hetero) is 1. The fraction of sp³-hybridized carbons (Fsp3) is 0.267. The number of hydrogen-bond donors (Lipinski definition) is 1. The molecule has 0 bridgehead atoms. The first kappa shape index (κ1) is 25.2. The fourth-order valence-electron chi connectivity index (χ4n) is 4.72. The van der Waals surface area contributed by atoms with Crippen molar-refractivity contribution in [3.05, 3.63) is 106 Å². The van der Waals surface area contributed by atoms with Crippen LogP contribution in [-0.2, 0) is 16.0 Å². The molecule has 3 aromatic carbocycles. The molecular weight excluding hydrogens is 457 g/mol. The second-order valence-corrected chi connectivity index (χ2v) is 9.34. The zero-order chi connectivity index (χ0) is 26.0. The number of rotatable bonds is 7. The zero-order valence-corrected chi connectivity index (χ0v) is 20.9. The summed E-state index contributed by atoms with van der Waals surface area (Å²) < 4.78 is 18.9. The number of carbonyl (C=O) groups excluding carboxylic acids is 2. The molecule has 1 fully saturated rings. The summed E-state index contributed by atoms with van der Waals surface area (Å²) in [6.07, 6.45) is 0.440. The Morgan fingerprint density at radius 2 is 1.72 bits per heavy atom. The molecule has 6 heteroatoms. The van der Waals surface area contributed by atoms with Crippen molar-refractivity contribution in [1.82, 2.24) is 4.90 Å². The number of hydrogen-bond acceptors (Lipinski definition) is 4. The molecule has 36 heavy (non-hydrogen) atoms. The molecule has 0 radical (unpaired) electrons. The van der Waals surface area contributed by atoms with Crippen LogP contribution in [0.2, 0.25) is 0 Å². The number of aliphatic hydroxyl groups excluding tert-OH is 1. The third-order valence-electron chi connectivity index (χ3n) is 6.66. The van der Waals surface area contributed by atoms with Gasteiger partial charge in [0.15, 0.2) is 0 Å². The Morgan fingerprint density at radius 3 is 2.33 bits per heavy atom. The maximum atomic E-state index is 13.3. The van der Waals surface area contributed by atoms with Gasteiger partial charge in [-0.2, -0.15) is 0 Å². The van der Waals surface area contributed by atoms with Crippen LogP contribution in [0.1, 0.15) is 53.6 Å². The van der Waals surface area contributed by atoms with Gasteiger partial charge in [-0.15, -0.1) is 0 Å². The molecule has 1 aliphatic heterocycles. The Labute approximate surface area is 210 Å². The number of likely N-dealkylation sites (tertiary alicyclic amines) is 1. The Kier molecular flexibility index (Phi) is 7.25. The molecule has 1 unspecified atom stereocenters. The monoisotopic (exact) mass is 487 g/mol. The summed E-state index contributed by atoms with van der Waals surface area (Å²) in [5, 5.41) is 11.5. The highest BCUT2D eigenvalue weighted by Gasteiger charge is 2.46. The molecule has 5 nitrogen and oxygen atoms in total. The molecule has 4 rings (SSSR count). The highest BCUT2D eigenvalue weighted by molar-refractivity contribution is 6.46. The first-order valence-corrected chi connectivity index (χ1v) is 12.0. The summed E-state index contributed by atoms with van der Waals surface area (Å²) in [5.74, 6) is -1.09. The summed E-state index contributed by atoms with van der Waals surface area (Å²) in [6.45, 7) is 6.12. The number of amides is 1.